The second-order valence-electron chi connectivity index (χ2n) is 6.69. The van der Waals surface area contributed by atoms with E-state index in [0.29, 0.717) is 15.8 Å². The maximum Gasteiger partial charge on any atom is 0.263 e. The molecule has 1 aliphatic heterocycles. The highest BCUT2D eigenvalue weighted by Crippen LogP contribution is 2.34. The van der Waals surface area contributed by atoms with E-state index in [-0.39, 0.29) is 17.7 Å². The van der Waals surface area contributed by atoms with E-state index in [9.17, 15) is 9.59 Å². The summed E-state index contributed by atoms with van der Waals surface area (Å²) < 4.78 is 0.708. The highest BCUT2D eigenvalue weighted by atomic mass is 35.5. The molecule has 0 spiro atoms. The van der Waals surface area contributed by atoms with Gasteiger partial charge in [-0.1, -0.05) is 11.6 Å². The van der Waals surface area contributed by atoms with E-state index in [4.69, 9.17) is 17.3 Å². The normalized spacial score (nSPS) is 17.8. The first-order valence-electron chi connectivity index (χ1n) is 8.97. The number of carbonyl (C=O) groups excluding carboxylic acids is 2. The van der Waals surface area contributed by atoms with Crippen molar-refractivity contribution in [2.24, 2.45) is 11.7 Å². The van der Waals surface area contributed by atoms with Crippen LogP contribution < -0.4 is 11.1 Å². The van der Waals surface area contributed by atoms with Crippen LogP contribution in [0, 0.1) is 12.8 Å². The van der Waals surface area contributed by atoms with E-state index in [1.165, 1.54) is 22.7 Å². The molecule has 0 aromatic carbocycles. The van der Waals surface area contributed by atoms with Gasteiger partial charge in [0.1, 0.15) is 9.88 Å². The zero-order chi connectivity index (χ0) is 19.4. The maximum absolute atomic E-state index is 12.5. The van der Waals surface area contributed by atoms with Gasteiger partial charge in [0.25, 0.3) is 5.91 Å². The van der Waals surface area contributed by atoms with Gasteiger partial charge in [0.05, 0.1) is 20.8 Å². The number of nitrogens with one attached hydrogen (secondary N) is 1. The van der Waals surface area contributed by atoms with Gasteiger partial charge in [0, 0.05) is 13.1 Å². The lowest BCUT2D eigenvalue weighted by Gasteiger charge is -2.31. The molecule has 2 aromatic rings. The second-order valence-corrected chi connectivity index (χ2v) is 9.40. The van der Waals surface area contributed by atoms with Gasteiger partial charge in [-0.25, -0.2) is 4.98 Å². The molecule has 2 aromatic heterocycles. The molecule has 0 saturated carbocycles. The second kappa shape index (κ2) is 9.14. The Bertz CT molecular complexity index is 820. The number of piperidine rings is 1. The van der Waals surface area contributed by atoms with Crippen LogP contribution >= 0.6 is 34.3 Å². The van der Waals surface area contributed by atoms with Crippen LogP contribution in [0.5, 0.6) is 0 Å². The van der Waals surface area contributed by atoms with Gasteiger partial charge in [-0.3, -0.25) is 9.59 Å². The summed E-state index contributed by atoms with van der Waals surface area (Å²) in [5.74, 6) is -0.346. The van der Waals surface area contributed by atoms with Crippen molar-refractivity contribution < 1.29 is 9.59 Å². The Labute approximate surface area is 171 Å². The maximum atomic E-state index is 12.5. The molecule has 3 N–H and O–H groups in total. The van der Waals surface area contributed by atoms with Crippen LogP contribution in [0.3, 0.4) is 0 Å². The molecule has 3 rings (SSSR count). The van der Waals surface area contributed by atoms with Crippen molar-refractivity contribution in [1.82, 2.24) is 15.2 Å². The van der Waals surface area contributed by atoms with Crippen LogP contribution in [-0.4, -0.2) is 47.9 Å². The zero-order valence-corrected chi connectivity index (χ0v) is 17.6. The van der Waals surface area contributed by atoms with Crippen LogP contribution in [0.1, 0.15) is 34.6 Å². The summed E-state index contributed by atoms with van der Waals surface area (Å²) in [5.41, 5.74) is 6.15. The highest BCUT2D eigenvalue weighted by Gasteiger charge is 2.23. The van der Waals surface area contributed by atoms with Gasteiger partial charge in [-0.05, 0) is 51.4 Å². The zero-order valence-electron chi connectivity index (χ0n) is 15.2. The first-order valence-corrected chi connectivity index (χ1v) is 11.0. The minimum absolute atomic E-state index is 0.0441. The molecule has 0 aliphatic carbocycles. The van der Waals surface area contributed by atoms with Gasteiger partial charge >= 0.3 is 0 Å². The van der Waals surface area contributed by atoms with E-state index < -0.39 is 0 Å². The molecular formula is C18H23ClN4O2S2. The lowest BCUT2D eigenvalue weighted by Crippen LogP contribution is -2.42. The average Bonchev–Trinajstić information content (AvgIpc) is 3.24. The van der Waals surface area contributed by atoms with Crippen LogP contribution in [-0.2, 0) is 4.79 Å². The number of aromatic nitrogens is 1. The van der Waals surface area contributed by atoms with E-state index in [1.807, 2.05) is 19.1 Å². The summed E-state index contributed by atoms with van der Waals surface area (Å²) in [7, 11) is 0. The molecule has 1 fully saturated rings. The number of hydrogen-bond acceptors (Lipinski definition) is 6. The largest absolute Gasteiger partial charge is 0.369 e. The molecule has 1 aliphatic rings. The highest BCUT2D eigenvalue weighted by molar-refractivity contribution is 7.24. The van der Waals surface area contributed by atoms with Gasteiger partial charge in [0.15, 0.2) is 0 Å². The number of hydrogen-bond donors (Lipinski definition) is 2. The fourth-order valence-electron chi connectivity index (χ4n) is 3.22. The lowest BCUT2D eigenvalue weighted by molar-refractivity contribution is -0.123. The summed E-state index contributed by atoms with van der Waals surface area (Å²) in [6.07, 6.45) is 2.71. The molecule has 146 valence electrons. The predicted octanol–water partition coefficient (Wildman–Crippen LogP) is 3.15. The number of thiophene rings is 1. The first kappa shape index (κ1) is 20.3. The smallest absolute Gasteiger partial charge is 0.263 e. The van der Waals surface area contributed by atoms with Crippen molar-refractivity contribution in [1.29, 1.82) is 0 Å². The van der Waals surface area contributed by atoms with Crippen molar-refractivity contribution in [3.05, 3.63) is 27.0 Å². The molecule has 3 heterocycles. The molecule has 0 bridgehead atoms. The topological polar surface area (TPSA) is 88.3 Å². The van der Waals surface area contributed by atoms with Crippen LogP contribution in [0.15, 0.2) is 12.1 Å². The third kappa shape index (κ3) is 5.28. The van der Waals surface area contributed by atoms with Crippen LogP contribution in [0.2, 0.25) is 4.34 Å². The molecule has 1 atom stereocenters. The molecule has 1 unspecified atom stereocenters. The molecule has 27 heavy (non-hydrogen) atoms. The number of thiazole rings is 1. The standard InChI is InChI=1S/C18H23ClN4O2S2/c1-11-15(27-18(22-11)13-5-6-14(19)26-13)17(25)21-7-3-9-23-8-2-4-12(10-23)16(20)24/h5-6,12H,2-4,7-10H2,1H3,(H2,20,24)(H,21,25). The summed E-state index contributed by atoms with van der Waals surface area (Å²) in [4.78, 5) is 32.2. The average molecular weight is 427 g/mol. The Morgan fingerprint density at radius 2 is 2.22 bits per heavy atom. The van der Waals surface area contributed by atoms with Gasteiger partial charge in [0.2, 0.25) is 5.91 Å². The Kier molecular flexibility index (Phi) is 6.86. The number of aryl methyl sites for hydroxylation is 1. The molecule has 6 nitrogen and oxygen atoms in total. The van der Waals surface area contributed by atoms with Crippen LogP contribution in [0.25, 0.3) is 9.88 Å². The van der Waals surface area contributed by atoms with Crippen molar-refractivity contribution in [2.45, 2.75) is 26.2 Å². The molecule has 9 heteroatoms. The minimum atomic E-state index is -0.212. The molecular weight excluding hydrogens is 404 g/mol. The summed E-state index contributed by atoms with van der Waals surface area (Å²) >= 11 is 8.83. The SMILES string of the molecule is Cc1nc(-c2ccc(Cl)s2)sc1C(=O)NCCCN1CCCC(C(N)=O)C1. The number of amides is 2. The van der Waals surface area contributed by atoms with E-state index in [2.05, 4.69) is 15.2 Å². The lowest BCUT2D eigenvalue weighted by atomic mass is 9.97. The number of nitrogens with zero attached hydrogens (tertiary/aromatic N) is 2. The Morgan fingerprint density at radius 1 is 1.41 bits per heavy atom. The van der Waals surface area contributed by atoms with Crippen molar-refractivity contribution in [3.8, 4) is 9.88 Å². The van der Waals surface area contributed by atoms with Crippen molar-refractivity contribution >= 4 is 46.1 Å². The summed E-state index contributed by atoms with van der Waals surface area (Å²) in [5, 5.41) is 3.79. The third-order valence-corrected chi connectivity index (χ3v) is 7.19. The monoisotopic (exact) mass is 426 g/mol. The molecule has 2 amide bonds. The molecule has 0 radical (unpaired) electrons. The van der Waals surface area contributed by atoms with E-state index in [1.54, 1.807) is 0 Å². The van der Waals surface area contributed by atoms with Gasteiger partial charge < -0.3 is 16.0 Å². The number of likely N-dealkylation sites (tertiary alicyclic amines) is 1. The number of halogens is 1. The predicted molar refractivity (Wildman–Crippen MR) is 110 cm³/mol. The summed E-state index contributed by atoms with van der Waals surface area (Å²) in [6.45, 7) is 5.00. The van der Waals surface area contributed by atoms with Crippen LogP contribution in [0.4, 0.5) is 0 Å². The van der Waals surface area contributed by atoms with Gasteiger partial charge in [-0.15, -0.1) is 22.7 Å². The van der Waals surface area contributed by atoms with Crippen molar-refractivity contribution in [3.63, 3.8) is 0 Å². The van der Waals surface area contributed by atoms with E-state index in [0.717, 1.165) is 54.5 Å². The fraction of sp³-hybridized carbons (Fsp3) is 0.500. The Hall–Kier alpha value is -1.48. The fourth-order valence-corrected chi connectivity index (χ4v) is 5.30. The quantitative estimate of drug-likeness (QED) is 0.665. The van der Waals surface area contributed by atoms with Crippen molar-refractivity contribution in [2.75, 3.05) is 26.2 Å². The number of nitrogens with two attached hydrogens (primary N) is 1. The minimum Gasteiger partial charge on any atom is -0.369 e. The number of primary amides is 1. The third-order valence-electron chi connectivity index (χ3n) is 4.63. The number of carbonyl (C=O) groups is 2. The molecule has 1 saturated heterocycles. The Balaban J connectivity index is 1.47. The number of rotatable bonds is 7. The van der Waals surface area contributed by atoms with E-state index >= 15 is 0 Å². The summed E-state index contributed by atoms with van der Waals surface area (Å²) in [6, 6.07) is 3.76. The first-order chi connectivity index (χ1) is 12.9. The Morgan fingerprint density at radius 3 is 2.93 bits per heavy atom. The van der Waals surface area contributed by atoms with Gasteiger partial charge in [-0.2, -0.15) is 0 Å².